The summed E-state index contributed by atoms with van der Waals surface area (Å²) < 4.78 is 11.3. The van der Waals surface area contributed by atoms with Gasteiger partial charge < -0.3 is 14.6 Å². The molecule has 1 saturated heterocycles. The third-order valence-corrected chi connectivity index (χ3v) is 5.17. The lowest BCUT2D eigenvalue weighted by molar-refractivity contribution is 0.0735. The largest absolute Gasteiger partial charge is 0.508 e. The molecule has 1 N–H and O–H groups in total. The standard InChI is InChI=1S/C25H25NO4/c27-22-16-21(17-24(18-22)29-15-14-26-12-4-5-13-26)19-8-10-23(11-9-19)30-25(28)20-6-2-1-3-7-20/h1-3,6-11,16-18,27H,4-5,12-15H2. The molecule has 0 aromatic heterocycles. The van der Waals surface area contributed by atoms with Gasteiger partial charge in [-0.05, 0) is 73.5 Å². The molecule has 1 heterocycles. The van der Waals surface area contributed by atoms with Gasteiger partial charge in [0.2, 0.25) is 0 Å². The van der Waals surface area contributed by atoms with E-state index in [1.807, 2.05) is 24.3 Å². The number of rotatable bonds is 7. The van der Waals surface area contributed by atoms with Gasteiger partial charge in [-0.1, -0.05) is 30.3 Å². The molecule has 4 rings (SSSR count). The van der Waals surface area contributed by atoms with Crippen LogP contribution in [0.5, 0.6) is 17.2 Å². The summed E-state index contributed by atoms with van der Waals surface area (Å²) in [6, 6.07) is 21.3. The smallest absolute Gasteiger partial charge is 0.343 e. The van der Waals surface area contributed by atoms with Gasteiger partial charge in [0.15, 0.2) is 0 Å². The highest BCUT2D eigenvalue weighted by atomic mass is 16.5. The zero-order chi connectivity index (χ0) is 20.8. The average Bonchev–Trinajstić information content (AvgIpc) is 3.28. The Morgan fingerprint density at radius 3 is 2.33 bits per heavy atom. The summed E-state index contributed by atoms with van der Waals surface area (Å²) >= 11 is 0. The van der Waals surface area contributed by atoms with Gasteiger partial charge in [-0.15, -0.1) is 0 Å². The van der Waals surface area contributed by atoms with Crippen LogP contribution in [0.2, 0.25) is 0 Å². The van der Waals surface area contributed by atoms with E-state index in [0.29, 0.717) is 23.7 Å². The van der Waals surface area contributed by atoms with Crippen molar-refractivity contribution in [1.82, 2.24) is 4.90 Å². The Kier molecular flexibility index (Phi) is 6.30. The molecular weight excluding hydrogens is 378 g/mol. The molecule has 3 aromatic carbocycles. The second-order valence-corrected chi connectivity index (χ2v) is 7.39. The van der Waals surface area contributed by atoms with E-state index < -0.39 is 5.97 Å². The topological polar surface area (TPSA) is 59.0 Å². The minimum absolute atomic E-state index is 0.156. The molecule has 0 bridgehead atoms. The lowest BCUT2D eigenvalue weighted by atomic mass is 10.0. The minimum atomic E-state index is -0.394. The molecule has 1 aliphatic heterocycles. The molecule has 0 aliphatic carbocycles. The van der Waals surface area contributed by atoms with E-state index in [4.69, 9.17) is 9.47 Å². The molecule has 0 unspecified atom stereocenters. The van der Waals surface area contributed by atoms with E-state index in [1.54, 1.807) is 48.5 Å². The molecule has 0 saturated carbocycles. The molecule has 1 aliphatic rings. The van der Waals surface area contributed by atoms with E-state index in [-0.39, 0.29) is 5.75 Å². The number of aromatic hydroxyl groups is 1. The number of carbonyl (C=O) groups excluding carboxylic acids is 1. The van der Waals surface area contributed by atoms with E-state index in [9.17, 15) is 9.90 Å². The summed E-state index contributed by atoms with van der Waals surface area (Å²) in [7, 11) is 0. The van der Waals surface area contributed by atoms with Crippen LogP contribution in [0.25, 0.3) is 11.1 Å². The first-order chi connectivity index (χ1) is 14.7. The number of likely N-dealkylation sites (tertiary alicyclic amines) is 1. The van der Waals surface area contributed by atoms with E-state index in [2.05, 4.69) is 4.90 Å². The number of nitrogens with zero attached hydrogens (tertiary/aromatic N) is 1. The van der Waals surface area contributed by atoms with Crippen molar-refractivity contribution in [3.8, 4) is 28.4 Å². The van der Waals surface area contributed by atoms with Gasteiger partial charge in [-0.2, -0.15) is 0 Å². The van der Waals surface area contributed by atoms with E-state index in [1.165, 1.54) is 12.8 Å². The maximum absolute atomic E-state index is 12.2. The van der Waals surface area contributed by atoms with Gasteiger partial charge >= 0.3 is 5.97 Å². The van der Waals surface area contributed by atoms with Crippen molar-refractivity contribution in [1.29, 1.82) is 0 Å². The predicted octanol–water partition coefficient (Wildman–Crippen LogP) is 4.75. The zero-order valence-electron chi connectivity index (χ0n) is 16.8. The Balaban J connectivity index is 1.40. The van der Waals surface area contributed by atoms with Crippen LogP contribution < -0.4 is 9.47 Å². The van der Waals surface area contributed by atoms with E-state index >= 15 is 0 Å². The number of benzene rings is 3. The molecule has 0 radical (unpaired) electrons. The minimum Gasteiger partial charge on any atom is -0.508 e. The van der Waals surface area contributed by atoms with Crippen LogP contribution in [0, 0.1) is 0 Å². The number of phenols is 1. The quantitative estimate of drug-likeness (QED) is 0.456. The van der Waals surface area contributed by atoms with Crippen molar-refractivity contribution >= 4 is 5.97 Å². The number of esters is 1. The average molecular weight is 403 g/mol. The van der Waals surface area contributed by atoms with Gasteiger partial charge in [0, 0.05) is 12.6 Å². The van der Waals surface area contributed by atoms with Gasteiger partial charge in [0.25, 0.3) is 0 Å². The van der Waals surface area contributed by atoms with Crippen molar-refractivity contribution < 1.29 is 19.4 Å². The Morgan fingerprint density at radius 1 is 0.867 bits per heavy atom. The van der Waals surface area contributed by atoms with Crippen LogP contribution in [0.15, 0.2) is 72.8 Å². The van der Waals surface area contributed by atoms with Crippen LogP contribution in [-0.2, 0) is 0 Å². The second-order valence-electron chi connectivity index (χ2n) is 7.39. The zero-order valence-corrected chi connectivity index (χ0v) is 16.8. The molecule has 0 atom stereocenters. The lowest BCUT2D eigenvalue weighted by Crippen LogP contribution is -2.25. The summed E-state index contributed by atoms with van der Waals surface area (Å²) in [5.41, 5.74) is 2.24. The first-order valence-electron chi connectivity index (χ1n) is 10.2. The van der Waals surface area contributed by atoms with E-state index in [0.717, 1.165) is 30.8 Å². The summed E-state index contributed by atoms with van der Waals surface area (Å²) in [6.45, 7) is 3.76. The molecule has 1 fully saturated rings. The highest BCUT2D eigenvalue weighted by Gasteiger charge is 2.12. The molecule has 5 heteroatoms. The fourth-order valence-electron chi connectivity index (χ4n) is 3.59. The third kappa shape index (κ3) is 5.19. The summed E-state index contributed by atoms with van der Waals surface area (Å²) in [5.74, 6) is 0.872. The second kappa shape index (κ2) is 9.46. The molecule has 30 heavy (non-hydrogen) atoms. The highest BCUT2D eigenvalue weighted by molar-refractivity contribution is 5.91. The first-order valence-corrected chi connectivity index (χ1v) is 10.2. The monoisotopic (exact) mass is 403 g/mol. The first kappa shape index (κ1) is 20.0. The molecule has 154 valence electrons. The Labute approximate surface area is 176 Å². The van der Waals surface area contributed by atoms with Gasteiger partial charge in [-0.3, -0.25) is 4.90 Å². The SMILES string of the molecule is O=C(Oc1ccc(-c2cc(O)cc(OCCN3CCCC3)c2)cc1)c1ccccc1. The fraction of sp³-hybridized carbons (Fsp3) is 0.240. The fourth-order valence-corrected chi connectivity index (χ4v) is 3.59. The Morgan fingerprint density at radius 2 is 1.60 bits per heavy atom. The van der Waals surface area contributed by atoms with Crippen LogP contribution in [0.1, 0.15) is 23.2 Å². The highest BCUT2D eigenvalue weighted by Crippen LogP contribution is 2.30. The van der Waals surface area contributed by atoms with Crippen LogP contribution in [0.4, 0.5) is 0 Å². The molecule has 5 nitrogen and oxygen atoms in total. The van der Waals surface area contributed by atoms with Crippen molar-refractivity contribution in [2.24, 2.45) is 0 Å². The molecule has 0 amide bonds. The summed E-state index contributed by atoms with van der Waals surface area (Å²) in [5, 5.41) is 10.1. The van der Waals surface area contributed by atoms with Crippen molar-refractivity contribution in [2.45, 2.75) is 12.8 Å². The van der Waals surface area contributed by atoms with Crippen molar-refractivity contribution in [3.05, 3.63) is 78.4 Å². The third-order valence-electron chi connectivity index (χ3n) is 5.17. The van der Waals surface area contributed by atoms with Gasteiger partial charge in [0.1, 0.15) is 23.9 Å². The van der Waals surface area contributed by atoms with Gasteiger partial charge in [-0.25, -0.2) is 4.79 Å². The summed E-state index contributed by atoms with van der Waals surface area (Å²) in [6.07, 6.45) is 2.51. The predicted molar refractivity (Wildman–Crippen MR) is 116 cm³/mol. The van der Waals surface area contributed by atoms with Crippen LogP contribution in [0.3, 0.4) is 0 Å². The van der Waals surface area contributed by atoms with Crippen LogP contribution in [-0.4, -0.2) is 42.2 Å². The Hall–Kier alpha value is -3.31. The van der Waals surface area contributed by atoms with Crippen molar-refractivity contribution in [3.63, 3.8) is 0 Å². The molecule has 0 spiro atoms. The summed E-state index contributed by atoms with van der Waals surface area (Å²) in [4.78, 5) is 14.6. The van der Waals surface area contributed by atoms with Gasteiger partial charge in [0.05, 0.1) is 5.56 Å². The Bertz CT molecular complexity index is 980. The van der Waals surface area contributed by atoms with Crippen LogP contribution >= 0.6 is 0 Å². The number of ether oxygens (including phenoxy) is 2. The molecular formula is C25H25NO4. The number of hydrogen-bond acceptors (Lipinski definition) is 5. The lowest BCUT2D eigenvalue weighted by Gasteiger charge is -2.15. The molecule has 3 aromatic rings. The number of hydrogen-bond donors (Lipinski definition) is 1. The number of carbonyl (C=O) groups is 1. The maximum Gasteiger partial charge on any atom is 0.343 e. The normalized spacial score (nSPS) is 13.9. The van der Waals surface area contributed by atoms with Crippen molar-refractivity contribution in [2.75, 3.05) is 26.2 Å². The maximum atomic E-state index is 12.2. The number of phenolic OH excluding ortho intramolecular Hbond substituents is 1.